The highest BCUT2D eigenvalue weighted by atomic mass is 19.4. The van der Waals surface area contributed by atoms with Crippen LogP contribution in [0.4, 0.5) is 19.0 Å². The minimum Gasteiger partial charge on any atom is -0.508 e. The number of nitrogen functional groups attached to an aromatic ring is 1. The number of aromatic hydroxyl groups is 1. The van der Waals surface area contributed by atoms with Crippen molar-refractivity contribution in [3.05, 3.63) is 48.4 Å². The van der Waals surface area contributed by atoms with Crippen LogP contribution in [0.2, 0.25) is 0 Å². The van der Waals surface area contributed by atoms with Gasteiger partial charge >= 0.3 is 12.1 Å². The van der Waals surface area contributed by atoms with Crippen molar-refractivity contribution >= 4 is 11.8 Å². The van der Waals surface area contributed by atoms with E-state index in [9.17, 15) is 23.5 Å². The van der Waals surface area contributed by atoms with Crippen LogP contribution in [0.25, 0.3) is 22.5 Å². The molecule has 0 unspecified atom stereocenters. The van der Waals surface area contributed by atoms with Gasteiger partial charge in [0, 0.05) is 11.1 Å². The van der Waals surface area contributed by atoms with Crippen molar-refractivity contribution < 1.29 is 28.2 Å². The third-order valence-corrected chi connectivity index (χ3v) is 3.33. The van der Waals surface area contributed by atoms with Gasteiger partial charge in [0.25, 0.3) is 0 Å². The minimum absolute atomic E-state index is 0. The summed E-state index contributed by atoms with van der Waals surface area (Å²) in [5.41, 5.74) is 8.78. The molecule has 152 valence electrons. The first-order valence-electron chi connectivity index (χ1n) is 7.42. The predicted molar refractivity (Wildman–Crippen MR) is 98.5 cm³/mol. The van der Waals surface area contributed by atoms with Gasteiger partial charge in [-0.1, -0.05) is 19.6 Å². The number of nitriles is 1. The number of aliphatic carboxylic acids is 1. The molecule has 0 fully saturated rings. The lowest BCUT2D eigenvalue weighted by Crippen LogP contribution is -2.21. The van der Waals surface area contributed by atoms with Crippen molar-refractivity contribution in [2.24, 2.45) is 0 Å². The molecule has 11 heteroatoms. The molecule has 0 saturated heterocycles. The quantitative estimate of drug-likeness (QED) is 0.507. The number of imidazole rings is 1. The van der Waals surface area contributed by atoms with Gasteiger partial charge in [0.15, 0.2) is 0 Å². The molecule has 8 nitrogen and oxygen atoms in total. The summed E-state index contributed by atoms with van der Waals surface area (Å²) in [5.74, 6) is -2.48. The fourth-order valence-corrected chi connectivity index (χ4v) is 2.11. The molecule has 3 rings (SSSR count). The Bertz CT molecular complexity index is 1030. The van der Waals surface area contributed by atoms with E-state index in [1.165, 1.54) is 6.33 Å². The van der Waals surface area contributed by atoms with E-state index in [1.54, 1.807) is 30.5 Å². The first-order valence-corrected chi connectivity index (χ1v) is 7.42. The Morgan fingerprint density at radius 3 is 2.41 bits per heavy atom. The number of pyridine rings is 1. The third-order valence-electron chi connectivity index (χ3n) is 3.33. The zero-order chi connectivity index (χ0) is 20.9. The van der Waals surface area contributed by atoms with Gasteiger partial charge in [0.1, 0.15) is 23.2 Å². The molecule has 0 aliphatic heterocycles. The number of anilines is 1. The summed E-state index contributed by atoms with van der Waals surface area (Å²) in [7, 11) is 0. The summed E-state index contributed by atoms with van der Waals surface area (Å²) in [5, 5.41) is 26.0. The number of H-pyrrole nitrogens is 1. The monoisotopic (exact) mass is 407 g/mol. The Morgan fingerprint density at radius 2 is 1.93 bits per heavy atom. The van der Waals surface area contributed by atoms with Gasteiger partial charge in [-0.3, -0.25) is 0 Å². The van der Waals surface area contributed by atoms with E-state index in [2.05, 4.69) is 21.0 Å². The summed E-state index contributed by atoms with van der Waals surface area (Å²) < 4.78 is 31.7. The van der Waals surface area contributed by atoms with Crippen LogP contribution in [0.5, 0.6) is 5.75 Å². The van der Waals surface area contributed by atoms with Crippen molar-refractivity contribution in [3.8, 4) is 34.3 Å². The number of aromatic nitrogens is 3. The van der Waals surface area contributed by atoms with Gasteiger partial charge in [0.05, 0.1) is 23.9 Å². The molecule has 0 aliphatic rings. The molecule has 29 heavy (non-hydrogen) atoms. The maximum atomic E-state index is 10.6. The summed E-state index contributed by atoms with van der Waals surface area (Å²) in [6, 6.07) is 10.5. The zero-order valence-corrected chi connectivity index (χ0v) is 13.9. The second-order valence-corrected chi connectivity index (χ2v) is 5.25. The van der Waals surface area contributed by atoms with E-state index in [0.29, 0.717) is 28.1 Å². The highest BCUT2D eigenvalue weighted by molar-refractivity contribution is 5.78. The first-order chi connectivity index (χ1) is 13.1. The molecular weight excluding hydrogens is 391 g/mol. The highest BCUT2D eigenvalue weighted by Crippen LogP contribution is 2.30. The lowest BCUT2D eigenvalue weighted by Gasteiger charge is -2.08. The SMILES string of the molecule is C.N#Cc1c(-c2cnc[nH]2)cc(-c2cccc(O)c2)nc1N.O=C(O)C(F)(F)F. The fraction of sp³-hybridized carbons (Fsp3) is 0.111. The zero-order valence-electron chi connectivity index (χ0n) is 13.9. The van der Waals surface area contributed by atoms with E-state index in [-0.39, 0.29) is 19.0 Å². The molecular formula is C18H16F3N5O3. The smallest absolute Gasteiger partial charge is 0.490 e. The van der Waals surface area contributed by atoms with E-state index in [4.69, 9.17) is 15.6 Å². The third kappa shape index (κ3) is 5.70. The Morgan fingerprint density at radius 1 is 1.28 bits per heavy atom. The standard InChI is InChI=1S/C15H11N5O.C2HF3O2.CH4/c16-6-12-11(14-7-18-8-19-14)5-13(20-15(12)17)9-2-1-3-10(21)4-9;3-2(4,5)1(6)7;/h1-5,7-8,21H,(H2,17,20)(H,18,19);(H,6,7);1H4. The molecule has 2 aromatic heterocycles. The summed E-state index contributed by atoms with van der Waals surface area (Å²) in [6.07, 6.45) is -1.94. The minimum atomic E-state index is -5.08. The van der Waals surface area contributed by atoms with Crippen molar-refractivity contribution in [1.29, 1.82) is 5.26 Å². The number of aromatic amines is 1. The number of benzene rings is 1. The van der Waals surface area contributed by atoms with E-state index < -0.39 is 12.1 Å². The van der Waals surface area contributed by atoms with Crippen LogP contribution in [-0.2, 0) is 4.79 Å². The van der Waals surface area contributed by atoms with Crippen molar-refractivity contribution in [1.82, 2.24) is 15.0 Å². The van der Waals surface area contributed by atoms with Gasteiger partial charge in [-0.05, 0) is 18.2 Å². The number of halogens is 3. The molecule has 1 aromatic carbocycles. The predicted octanol–water partition coefficient (Wildman–Crippen LogP) is 3.57. The summed E-state index contributed by atoms with van der Waals surface area (Å²) >= 11 is 0. The Kier molecular flexibility index (Phi) is 7.31. The van der Waals surface area contributed by atoms with Crippen molar-refractivity contribution in [3.63, 3.8) is 0 Å². The number of nitrogens with two attached hydrogens (primary N) is 1. The number of phenolic OH excluding ortho intramolecular Hbond substituents is 1. The molecule has 0 amide bonds. The van der Waals surface area contributed by atoms with Gasteiger partial charge in [0.2, 0.25) is 0 Å². The number of carboxylic acid groups (broad SMARTS) is 1. The van der Waals surface area contributed by atoms with Crippen LogP contribution in [0, 0.1) is 11.3 Å². The maximum Gasteiger partial charge on any atom is 0.490 e. The van der Waals surface area contributed by atoms with E-state index in [0.717, 1.165) is 0 Å². The molecule has 0 saturated carbocycles. The molecule has 0 aliphatic carbocycles. The molecule has 0 radical (unpaired) electrons. The number of hydrogen-bond donors (Lipinski definition) is 4. The van der Waals surface area contributed by atoms with Crippen LogP contribution in [-0.4, -0.2) is 37.3 Å². The molecule has 2 heterocycles. The Labute approximate surface area is 163 Å². The lowest BCUT2D eigenvalue weighted by molar-refractivity contribution is -0.192. The number of phenols is 1. The number of carboxylic acids is 1. The molecule has 0 atom stereocenters. The summed E-state index contributed by atoms with van der Waals surface area (Å²) in [4.78, 5) is 20.0. The van der Waals surface area contributed by atoms with Gasteiger partial charge in [-0.25, -0.2) is 14.8 Å². The number of nitrogens with zero attached hydrogens (tertiary/aromatic N) is 3. The van der Waals surface area contributed by atoms with Crippen LogP contribution < -0.4 is 5.73 Å². The van der Waals surface area contributed by atoms with Crippen LogP contribution in [0.3, 0.4) is 0 Å². The van der Waals surface area contributed by atoms with E-state index >= 15 is 0 Å². The number of alkyl halides is 3. The van der Waals surface area contributed by atoms with Gasteiger partial charge in [-0.2, -0.15) is 18.4 Å². The van der Waals surface area contributed by atoms with Crippen LogP contribution in [0.1, 0.15) is 13.0 Å². The Balaban J connectivity index is 0.000000456. The largest absolute Gasteiger partial charge is 0.508 e. The second-order valence-electron chi connectivity index (χ2n) is 5.25. The molecule has 0 bridgehead atoms. The number of hydrogen-bond acceptors (Lipinski definition) is 6. The second kappa shape index (κ2) is 9.23. The molecule has 3 aromatic rings. The number of rotatable bonds is 2. The highest BCUT2D eigenvalue weighted by Gasteiger charge is 2.38. The molecule has 5 N–H and O–H groups in total. The van der Waals surface area contributed by atoms with Crippen molar-refractivity contribution in [2.75, 3.05) is 5.73 Å². The van der Waals surface area contributed by atoms with Crippen molar-refractivity contribution in [2.45, 2.75) is 13.6 Å². The molecule has 0 spiro atoms. The normalized spacial score (nSPS) is 10.1. The fourth-order valence-electron chi connectivity index (χ4n) is 2.11. The number of nitrogens with one attached hydrogen (secondary N) is 1. The average Bonchev–Trinajstić information content (AvgIpc) is 3.15. The topological polar surface area (TPSA) is 149 Å². The number of carbonyl (C=O) groups is 1. The van der Waals surface area contributed by atoms with Crippen LogP contribution >= 0.6 is 0 Å². The maximum absolute atomic E-state index is 10.6. The Hall–Kier alpha value is -4.07. The van der Waals surface area contributed by atoms with Gasteiger partial charge in [-0.15, -0.1) is 0 Å². The van der Waals surface area contributed by atoms with Crippen LogP contribution in [0.15, 0.2) is 42.9 Å². The lowest BCUT2D eigenvalue weighted by atomic mass is 10.0. The van der Waals surface area contributed by atoms with Gasteiger partial charge < -0.3 is 20.9 Å². The summed E-state index contributed by atoms with van der Waals surface area (Å²) in [6.45, 7) is 0. The first kappa shape index (κ1) is 23.0. The average molecular weight is 407 g/mol. The van der Waals surface area contributed by atoms with E-state index in [1.807, 2.05) is 6.07 Å².